The van der Waals surface area contributed by atoms with E-state index < -0.39 is 11.5 Å². The molecule has 9 heteroatoms. The number of imidazole rings is 1. The van der Waals surface area contributed by atoms with E-state index >= 15 is 0 Å². The summed E-state index contributed by atoms with van der Waals surface area (Å²) in [5, 5.41) is 0. The van der Waals surface area contributed by atoms with Crippen molar-refractivity contribution in [3.63, 3.8) is 0 Å². The Morgan fingerprint density at radius 3 is 2.74 bits per heavy atom. The highest BCUT2D eigenvalue weighted by Crippen LogP contribution is 2.25. The summed E-state index contributed by atoms with van der Waals surface area (Å²) in [4.78, 5) is 29.9. The van der Waals surface area contributed by atoms with Crippen molar-refractivity contribution in [2.45, 2.75) is 12.0 Å². The van der Waals surface area contributed by atoms with Gasteiger partial charge in [-0.1, -0.05) is 0 Å². The van der Waals surface area contributed by atoms with Crippen molar-refractivity contribution in [2.24, 2.45) is 12.8 Å². The molecule has 0 radical (unpaired) electrons. The first-order chi connectivity index (χ1) is 12.9. The lowest BCUT2D eigenvalue weighted by molar-refractivity contribution is -0.142. The number of benzene rings is 1. The van der Waals surface area contributed by atoms with Crippen LogP contribution in [-0.4, -0.2) is 58.2 Å². The van der Waals surface area contributed by atoms with Crippen LogP contribution in [0.4, 0.5) is 4.39 Å². The normalized spacial score (nSPS) is 19.7. The van der Waals surface area contributed by atoms with E-state index in [1.165, 1.54) is 24.3 Å². The maximum absolute atomic E-state index is 13.0. The Hall–Kier alpha value is -2.94. The van der Waals surface area contributed by atoms with Gasteiger partial charge in [0.25, 0.3) is 5.91 Å². The molecular weight excluding hydrogens is 355 g/mol. The van der Waals surface area contributed by atoms with Crippen LogP contribution in [0.5, 0.6) is 5.75 Å². The number of nitrogens with two attached hydrogens (primary N) is 1. The van der Waals surface area contributed by atoms with Crippen LogP contribution < -0.4 is 10.5 Å². The highest BCUT2D eigenvalue weighted by atomic mass is 19.1. The number of morpholine rings is 1. The van der Waals surface area contributed by atoms with Gasteiger partial charge in [0.05, 0.1) is 25.9 Å². The molecule has 8 nitrogen and oxygen atoms in total. The second-order valence-corrected chi connectivity index (χ2v) is 6.57. The zero-order valence-electron chi connectivity index (χ0n) is 14.9. The average Bonchev–Trinajstić information content (AvgIpc) is 3.07. The monoisotopic (exact) mass is 376 g/mol. The van der Waals surface area contributed by atoms with Crippen molar-refractivity contribution in [1.29, 1.82) is 0 Å². The number of aryl methyl sites for hydroxylation is 1. The predicted octanol–water partition coefficient (Wildman–Crippen LogP) is 0.725. The summed E-state index contributed by atoms with van der Waals surface area (Å²) in [6.45, 7) is 0.727. The lowest BCUT2D eigenvalue weighted by atomic mass is 9.97. The second-order valence-electron chi connectivity index (χ2n) is 6.57. The number of carbonyl (C=O) groups excluding carboxylic acids is 2. The van der Waals surface area contributed by atoms with Crippen LogP contribution in [0.3, 0.4) is 0 Å². The molecule has 0 spiro atoms. The van der Waals surface area contributed by atoms with E-state index in [2.05, 4.69) is 4.98 Å². The zero-order valence-corrected chi connectivity index (χ0v) is 14.9. The number of carbonyl (C=O) groups is 2. The van der Waals surface area contributed by atoms with Crippen LogP contribution in [0.2, 0.25) is 0 Å². The summed E-state index contributed by atoms with van der Waals surface area (Å²) in [5.41, 5.74) is 4.62. The van der Waals surface area contributed by atoms with Crippen LogP contribution in [0, 0.1) is 5.82 Å². The molecule has 2 amide bonds. The lowest BCUT2D eigenvalue weighted by Crippen LogP contribution is -2.58. The molecule has 1 saturated heterocycles. The maximum atomic E-state index is 13.0. The Labute approximate surface area is 155 Å². The Kier molecular flexibility index (Phi) is 5.41. The molecule has 0 saturated carbocycles. The van der Waals surface area contributed by atoms with E-state index in [0.717, 1.165) is 0 Å². The molecule has 0 unspecified atom stereocenters. The number of rotatable bonds is 6. The SMILES string of the molecule is Cn1cnc(C(=O)N2CCO[C@@](COc3ccc(F)cc3)(CC(N)=O)C2)c1. The summed E-state index contributed by atoms with van der Waals surface area (Å²) >= 11 is 0. The van der Waals surface area contributed by atoms with Gasteiger partial charge in [-0.2, -0.15) is 0 Å². The molecule has 1 aliphatic rings. The molecule has 0 aliphatic carbocycles. The van der Waals surface area contributed by atoms with Gasteiger partial charge in [0.15, 0.2) is 0 Å². The van der Waals surface area contributed by atoms with E-state index in [1.807, 2.05) is 0 Å². The molecule has 2 heterocycles. The number of ether oxygens (including phenoxy) is 2. The van der Waals surface area contributed by atoms with Gasteiger partial charge in [-0.25, -0.2) is 9.37 Å². The number of hydrogen-bond donors (Lipinski definition) is 1. The first-order valence-corrected chi connectivity index (χ1v) is 8.45. The summed E-state index contributed by atoms with van der Waals surface area (Å²) in [6.07, 6.45) is 3.06. The van der Waals surface area contributed by atoms with Gasteiger partial charge in [0.1, 0.15) is 29.5 Å². The second kappa shape index (κ2) is 7.75. The minimum absolute atomic E-state index is 0.00638. The molecular formula is C18H21FN4O4. The van der Waals surface area contributed by atoms with Gasteiger partial charge in [-0.15, -0.1) is 0 Å². The highest BCUT2D eigenvalue weighted by molar-refractivity contribution is 5.92. The number of hydrogen-bond acceptors (Lipinski definition) is 5. The number of primary amides is 1. The van der Waals surface area contributed by atoms with Crippen LogP contribution in [0.15, 0.2) is 36.8 Å². The molecule has 1 fully saturated rings. The van der Waals surface area contributed by atoms with Crippen molar-refractivity contribution in [2.75, 3.05) is 26.3 Å². The Bertz CT molecular complexity index is 823. The van der Waals surface area contributed by atoms with E-state index in [9.17, 15) is 14.0 Å². The van der Waals surface area contributed by atoms with E-state index in [1.54, 1.807) is 29.0 Å². The van der Waals surface area contributed by atoms with Gasteiger partial charge in [0, 0.05) is 19.8 Å². The molecule has 144 valence electrons. The molecule has 2 N–H and O–H groups in total. The van der Waals surface area contributed by atoms with E-state index in [4.69, 9.17) is 15.2 Å². The Morgan fingerprint density at radius 1 is 1.37 bits per heavy atom. The lowest BCUT2D eigenvalue weighted by Gasteiger charge is -2.41. The third kappa shape index (κ3) is 4.62. The van der Waals surface area contributed by atoms with Gasteiger partial charge in [-0.05, 0) is 24.3 Å². The zero-order chi connectivity index (χ0) is 19.4. The summed E-state index contributed by atoms with van der Waals surface area (Å²) in [7, 11) is 1.77. The number of aromatic nitrogens is 2. The number of amides is 2. The van der Waals surface area contributed by atoms with Crippen molar-refractivity contribution < 1.29 is 23.5 Å². The van der Waals surface area contributed by atoms with Crippen LogP contribution in [0.25, 0.3) is 0 Å². The molecule has 2 aromatic rings. The van der Waals surface area contributed by atoms with E-state index in [0.29, 0.717) is 18.0 Å². The molecule has 1 aliphatic heterocycles. The molecule has 1 aromatic carbocycles. The third-order valence-corrected chi connectivity index (χ3v) is 4.27. The minimum atomic E-state index is -1.08. The van der Waals surface area contributed by atoms with Crippen LogP contribution in [0.1, 0.15) is 16.9 Å². The van der Waals surface area contributed by atoms with Crippen molar-refractivity contribution >= 4 is 11.8 Å². The fourth-order valence-corrected chi connectivity index (χ4v) is 3.01. The van der Waals surface area contributed by atoms with Gasteiger partial charge in [-0.3, -0.25) is 9.59 Å². The van der Waals surface area contributed by atoms with E-state index in [-0.39, 0.29) is 37.9 Å². The van der Waals surface area contributed by atoms with Crippen molar-refractivity contribution in [1.82, 2.24) is 14.5 Å². The quantitative estimate of drug-likeness (QED) is 0.801. The maximum Gasteiger partial charge on any atom is 0.274 e. The Morgan fingerprint density at radius 2 is 2.11 bits per heavy atom. The first kappa shape index (κ1) is 18.8. The summed E-state index contributed by atoms with van der Waals surface area (Å²) < 4.78 is 26.2. The molecule has 1 atom stereocenters. The predicted molar refractivity (Wildman–Crippen MR) is 93.5 cm³/mol. The third-order valence-electron chi connectivity index (χ3n) is 4.27. The smallest absolute Gasteiger partial charge is 0.274 e. The average molecular weight is 376 g/mol. The summed E-state index contributed by atoms with van der Waals surface area (Å²) in [6, 6.07) is 5.50. The minimum Gasteiger partial charge on any atom is -0.490 e. The first-order valence-electron chi connectivity index (χ1n) is 8.45. The van der Waals surface area contributed by atoms with Crippen molar-refractivity contribution in [3.8, 4) is 5.75 Å². The van der Waals surface area contributed by atoms with Crippen LogP contribution >= 0.6 is 0 Å². The fraction of sp³-hybridized carbons (Fsp3) is 0.389. The highest BCUT2D eigenvalue weighted by Gasteiger charge is 2.41. The summed E-state index contributed by atoms with van der Waals surface area (Å²) in [5.74, 6) is -0.772. The van der Waals surface area contributed by atoms with Gasteiger partial charge in [0.2, 0.25) is 5.91 Å². The Balaban J connectivity index is 1.74. The van der Waals surface area contributed by atoms with Crippen LogP contribution in [-0.2, 0) is 16.6 Å². The largest absolute Gasteiger partial charge is 0.490 e. The van der Waals surface area contributed by atoms with Gasteiger partial charge >= 0.3 is 0 Å². The molecule has 27 heavy (non-hydrogen) atoms. The number of halogens is 1. The topological polar surface area (TPSA) is 99.7 Å². The van der Waals surface area contributed by atoms with Crippen molar-refractivity contribution in [3.05, 3.63) is 48.3 Å². The fourth-order valence-electron chi connectivity index (χ4n) is 3.01. The molecule has 3 rings (SSSR count). The molecule has 1 aromatic heterocycles. The molecule has 0 bridgehead atoms. The van der Waals surface area contributed by atoms with Gasteiger partial charge < -0.3 is 24.7 Å². The number of nitrogens with zero attached hydrogens (tertiary/aromatic N) is 3. The standard InChI is InChI=1S/C18H21FN4O4/c1-22-9-15(21-12-22)17(25)23-6-7-27-18(10-23,8-16(20)24)11-26-14-4-2-13(19)3-5-14/h2-5,9,12H,6-8,10-11H2,1H3,(H2,20,24)/t18-/m0/s1.